The Morgan fingerprint density at radius 3 is 2.35 bits per heavy atom. The number of thiophene rings is 1. The van der Waals surface area contributed by atoms with Crippen molar-refractivity contribution >= 4 is 34.2 Å². The number of anilines is 1. The van der Waals surface area contributed by atoms with Gasteiger partial charge < -0.3 is 19.9 Å². The van der Waals surface area contributed by atoms with Crippen LogP contribution in [0, 0.1) is 18.8 Å². The maximum absolute atomic E-state index is 13.0. The predicted molar refractivity (Wildman–Crippen MR) is 119 cm³/mol. The summed E-state index contributed by atoms with van der Waals surface area (Å²) in [5.41, 5.74) is 1.78. The second-order valence-electron chi connectivity index (χ2n) is 7.51. The molecule has 0 spiro atoms. The van der Waals surface area contributed by atoms with Crippen molar-refractivity contribution in [3.05, 3.63) is 34.7 Å². The van der Waals surface area contributed by atoms with Crippen LogP contribution in [0.3, 0.4) is 0 Å². The third-order valence-corrected chi connectivity index (χ3v) is 6.61. The zero-order valence-corrected chi connectivity index (χ0v) is 18.7. The van der Waals surface area contributed by atoms with Gasteiger partial charge in [-0.2, -0.15) is 0 Å². The molecular formula is C23H27NO6S. The molecular weight excluding hydrogens is 418 g/mol. The zero-order chi connectivity index (χ0) is 22.5. The first-order valence-corrected chi connectivity index (χ1v) is 11.2. The second kappa shape index (κ2) is 9.96. The third-order valence-electron chi connectivity index (χ3n) is 5.58. The first-order valence-electron chi connectivity index (χ1n) is 10.4. The van der Waals surface area contributed by atoms with Crippen molar-refractivity contribution in [3.8, 4) is 16.9 Å². The summed E-state index contributed by atoms with van der Waals surface area (Å²) in [6, 6.07) is 7.38. The average molecular weight is 446 g/mol. The molecule has 1 aromatic heterocycles. The topological polar surface area (TPSA) is 102 Å². The number of nitrogens with one attached hydrogen (secondary N) is 1. The summed E-state index contributed by atoms with van der Waals surface area (Å²) < 4.78 is 10.5. The minimum atomic E-state index is -0.953. The minimum Gasteiger partial charge on any atom is -0.494 e. The summed E-state index contributed by atoms with van der Waals surface area (Å²) in [7, 11) is 1.30. The molecule has 1 heterocycles. The monoisotopic (exact) mass is 445 g/mol. The van der Waals surface area contributed by atoms with Crippen LogP contribution in [0.15, 0.2) is 24.3 Å². The second-order valence-corrected chi connectivity index (χ2v) is 8.74. The minimum absolute atomic E-state index is 0.283. The maximum Gasteiger partial charge on any atom is 0.341 e. The molecule has 1 aromatic carbocycles. The first-order chi connectivity index (χ1) is 14.9. The molecule has 0 bridgehead atoms. The Morgan fingerprint density at radius 2 is 1.77 bits per heavy atom. The lowest BCUT2D eigenvalue weighted by molar-refractivity contribution is -0.147. The van der Waals surface area contributed by atoms with E-state index < -0.39 is 23.8 Å². The number of ether oxygens (including phenoxy) is 2. The van der Waals surface area contributed by atoms with Crippen LogP contribution in [-0.2, 0) is 14.3 Å². The molecule has 2 N–H and O–H groups in total. The number of methoxy groups -OCH3 is 1. The van der Waals surface area contributed by atoms with Crippen LogP contribution in [0.25, 0.3) is 11.1 Å². The van der Waals surface area contributed by atoms with Gasteiger partial charge in [-0.05, 0) is 44.4 Å². The molecule has 7 nitrogen and oxygen atoms in total. The van der Waals surface area contributed by atoms with Crippen LogP contribution in [0.4, 0.5) is 5.00 Å². The summed E-state index contributed by atoms with van der Waals surface area (Å²) in [6.45, 7) is 4.33. The van der Waals surface area contributed by atoms with Crippen molar-refractivity contribution in [1.82, 2.24) is 0 Å². The van der Waals surface area contributed by atoms with Crippen molar-refractivity contribution < 1.29 is 29.0 Å². The van der Waals surface area contributed by atoms with Gasteiger partial charge in [-0.25, -0.2) is 4.79 Å². The smallest absolute Gasteiger partial charge is 0.341 e. The molecule has 166 valence electrons. The van der Waals surface area contributed by atoms with Gasteiger partial charge in [0.1, 0.15) is 16.3 Å². The van der Waals surface area contributed by atoms with Crippen molar-refractivity contribution in [2.75, 3.05) is 19.0 Å². The van der Waals surface area contributed by atoms with E-state index in [-0.39, 0.29) is 11.5 Å². The number of hydrogen-bond donors (Lipinski definition) is 2. The first kappa shape index (κ1) is 22.8. The number of aryl methyl sites for hydroxylation is 1. The van der Waals surface area contributed by atoms with Crippen LogP contribution >= 0.6 is 11.3 Å². The van der Waals surface area contributed by atoms with E-state index in [1.54, 1.807) is 0 Å². The Balaban J connectivity index is 1.95. The maximum atomic E-state index is 13.0. The normalized spacial score (nSPS) is 18.3. The summed E-state index contributed by atoms with van der Waals surface area (Å²) in [6.07, 6.45) is 2.62. The van der Waals surface area contributed by atoms with E-state index in [0.717, 1.165) is 29.0 Å². The summed E-state index contributed by atoms with van der Waals surface area (Å²) >= 11 is 1.28. The molecule has 1 fully saturated rings. The zero-order valence-electron chi connectivity index (χ0n) is 17.9. The molecule has 31 heavy (non-hydrogen) atoms. The number of benzene rings is 1. The highest BCUT2D eigenvalue weighted by Gasteiger charge is 2.36. The number of esters is 1. The van der Waals surface area contributed by atoms with E-state index in [1.807, 2.05) is 38.1 Å². The fourth-order valence-electron chi connectivity index (χ4n) is 4.11. The highest BCUT2D eigenvalue weighted by atomic mass is 32.1. The van der Waals surface area contributed by atoms with Gasteiger partial charge in [0.2, 0.25) is 5.91 Å². The molecule has 0 saturated heterocycles. The lowest BCUT2D eigenvalue weighted by Crippen LogP contribution is -2.36. The standard InChI is InChI=1S/C23H27NO6S/c1-4-30-15-11-9-14(10-12-15)18-13(2)31-21(19(18)23(28)29-3)24-20(25)16-7-5-6-8-17(16)22(26)27/h9-12,16-17H,4-8H2,1-3H3,(H,24,25)(H,26,27)/t16-,17-/m0/s1. The SMILES string of the molecule is CCOc1ccc(-c2c(C)sc(NC(=O)[C@H]3CCCC[C@@H]3C(=O)O)c2C(=O)OC)cc1. The molecule has 1 aliphatic rings. The van der Waals surface area contributed by atoms with Crippen LogP contribution in [0.2, 0.25) is 0 Å². The third kappa shape index (κ3) is 4.90. The van der Waals surface area contributed by atoms with E-state index >= 15 is 0 Å². The van der Waals surface area contributed by atoms with Gasteiger partial charge in [0, 0.05) is 10.4 Å². The number of amides is 1. The van der Waals surface area contributed by atoms with Gasteiger partial charge in [-0.1, -0.05) is 25.0 Å². The molecule has 1 aliphatic carbocycles. The average Bonchev–Trinajstić information content (AvgIpc) is 3.09. The van der Waals surface area contributed by atoms with E-state index in [1.165, 1.54) is 18.4 Å². The lowest BCUT2D eigenvalue weighted by Gasteiger charge is -2.27. The highest BCUT2D eigenvalue weighted by molar-refractivity contribution is 7.17. The number of carboxylic acid groups (broad SMARTS) is 1. The van der Waals surface area contributed by atoms with Gasteiger partial charge in [0.25, 0.3) is 0 Å². The Hall–Kier alpha value is -2.87. The van der Waals surface area contributed by atoms with Gasteiger partial charge in [-0.15, -0.1) is 11.3 Å². The van der Waals surface area contributed by atoms with E-state index in [0.29, 0.717) is 30.0 Å². The lowest BCUT2D eigenvalue weighted by atomic mass is 9.78. The van der Waals surface area contributed by atoms with Crippen LogP contribution < -0.4 is 10.1 Å². The molecule has 2 atom stereocenters. The van der Waals surface area contributed by atoms with E-state index in [2.05, 4.69) is 5.32 Å². The Morgan fingerprint density at radius 1 is 1.13 bits per heavy atom. The van der Waals surface area contributed by atoms with Crippen LogP contribution in [-0.4, -0.2) is 36.7 Å². The number of aliphatic carboxylic acids is 1. The van der Waals surface area contributed by atoms with E-state index in [9.17, 15) is 19.5 Å². The Bertz CT molecular complexity index is 965. The summed E-state index contributed by atoms with van der Waals surface area (Å²) in [5.74, 6) is -2.47. The Labute approximate surface area is 185 Å². The molecule has 1 saturated carbocycles. The van der Waals surface area contributed by atoms with Gasteiger partial charge in [0.05, 0.1) is 25.6 Å². The number of carboxylic acids is 1. The summed E-state index contributed by atoms with van der Waals surface area (Å²) in [4.78, 5) is 38.1. The summed E-state index contributed by atoms with van der Waals surface area (Å²) in [5, 5.41) is 12.7. The van der Waals surface area contributed by atoms with Crippen molar-refractivity contribution in [2.24, 2.45) is 11.8 Å². The molecule has 8 heteroatoms. The molecule has 0 unspecified atom stereocenters. The van der Waals surface area contributed by atoms with Crippen molar-refractivity contribution in [1.29, 1.82) is 0 Å². The van der Waals surface area contributed by atoms with Crippen molar-refractivity contribution in [3.63, 3.8) is 0 Å². The van der Waals surface area contributed by atoms with Gasteiger partial charge in [0.15, 0.2) is 0 Å². The number of carbonyl (C=O) groups excluding carboxylic acids is 2. The van der Waals surface area contributed by atoms with Gasteiger partial charge >= 0.3 is 11.9 Å². The van der Waals surface area contributed by atoms with Crippen LogP contribution in [0.5, 0.6) is 5.75 Å². The fourth-order valence-corrected chi connectivity index (χ4v) is 5.17. The molecule has 3 rings (SSSR count). The van der Waals surface area contributed by atoms with Gasteiger partial charge in [-0.3, -0.25) is 9.59 Å². The van der Waals surface area contributed by atoms with E-state index in [4.69, 9.17) is 9.47 Å². The van der Waals surface area contributed by atoms with Crippen LogP contribution in [0.1, 0.15) is 47.8 Å². The van der Waals surface area contributed by atoms with Crippen molar-refractivity contribution in [2.45, 2.75) is 39.5 Å². The molecule has 0 radical (unpaired) electrons. The molecule has 1 amide bonds. The number of carbonyl (C=O) groups is 3. The Kier molecular flexibility index (Phi) is 7.33. The largest absolute Gasteiger partial charge is 0.494 e. The molecule has 2 aromatic rings. The molecule has 0 aliphatic heterocycles. The highest BCUT2D eigenvalue weighted by Crippen LogP contribution is 2.41. The predicted octanol–water partition coefficient (Wildman–Crippen LogP) is 4.74. The fraction of sp³-hybridized carbons (Fsp3) is 0.435. The number of hydrogen-bond acceptors (Lipinski definition) is 6. The quantitative estimate of drug-likeness (QED) is 0.597. The number of rotatable bonds is 7.